The second-order valence-corrected chi connectivity index (χ2v) is 6.80. The van der Waals surface area contributed by atoms with Crippen LogP contribution in [-0.2, 0) is 13.6 Å². The van der Waals surface area contributed by atoms with E-state index in [-0.39, 0.29) is 0 Å². The number of hydrogen-bond donors (Lipinski definition) is 0. The van der Waals surface area contributed by atoms with Gasteiger partial charge < -0.3 is 14.0 Å². The lowest BCUT2D eigenvalue weighted by Crippen LogP contribution is -2.34. The lowest BCUT2D eigenvalue weighted by atomic mass is 9.96. The summed E-state index contributed by atoms with van der Waals surface area (Å²) in [5, 5.41) is 9.50. The SMILES string of the molecule is Cn1c(Cn2ccnc2)nnc1C1CCN(c2ccc(Cl)cn2)CC1. The number of nitrogens with zero attached hydrogens (tertiary/aromatic N) is 7. The maximum absolute atomic E-state index is 5.92. The van der Waals surface area contributed by atoms with E-state index in [9.17, 15) is 0 Å². The Hall–Kier alpha value is -2.41. The highest BCUT2D eigenvalue weighted by Gasteiger charge is 2.25. The van der Waals surface area contributed by atoms with Crippen LogP contribution in [0.3, 0.4) is 0 Å². The van der Waals surface area contributed by atoms with Gasteiger partial charge in [-0.2, -0.15) is 0 Å². The first kappa shape index (κ1) is 16.1. The molecule has 130 valence electrons. The molecule has 0 radical (unpaired) electrons. The van der Waals surface area contributed by atoms with Crippen molar-refractivity contribution in [1.29, 1.82) is 0 Å². The van der Waals surface area contributed by atoms with Crippen LogP contribution in [0.4, 0.5) is 5.82 Å². The molecule has 1 saturated heterocycles. The maximum Gasteiger partial charge on any atom is 0.152 e. The van der Waals surface area contributed by atoms with Crippen LogP contribution in [0.25, 0.3) is 0 Å². The Kier molecular flexibility index (Phi) is 4.40. The van der Waals surface area contributed by atoms with Crippen LogP contribution >= 0.6 is 11.6 Å². The molecule has 0 amide bonds. The lowest BCUT2D eigenvalue weighted by molar-refractivity contribution is 0.470. The number of piperidine rings is 1. The van der Waals surface area contributed by atoms with Gasteiger partial charge in [-0.15, -0.1) is 10.2 Å². The van der Waals surface area contributed by atoms with Crippen molar-refractivity contribution in [3.05, 3.63) is 53.7 Å². The van der Waals surface area contributed by atoms with E-state index in [1.165, 1.54) is 0 Å². The third-order valence-corrected chi connectivity index (χ3v) is 5.00. The first-order valence-electron chi connectivity index (χ1n) is 8.41. The number of anilines is 1. The van der Waals surface area contributed by atoms with Crippen molar-refractivity contribution in [3.8, 4) is 0 Å². The monoisotopic (exact) mass is 357 g/mol. The van der Waals surface area contributed by atoms with Crippen LogP contribution in [0.2, 0.25) is 5.02 Å². The highest BCUT2D eigenvalue weighted by Crippen LogP contribution is 2.29. The Morgan fingerprint density at radius 3 is 2.72 bits per heavy atom. The van der Waals surface area contributed by atoms with E-state index in [4.69, 9.17) is 11.6 Å². The second-order valence-electron chi connectivity index (χ2n) is 6.36. The first-order valence-corrected chi connectivity index (χ1v) is 8.79. The van der Waals surface area contributed by atoms with E-state index in [2.05, 4.69) is 36.7 Å². The number of halogens is 1. The minimum atomic E-state index is 0.428. The van der Waals surface area contributed by atoms with Crippen LogP contribution in [0.15, 0.2) is 37.1 Å². The molecular weight excluding hydrogens is 338 g/mol. The lowest BCUT2D eigenvalue weighted by Gasteiger charge is -2.32. The van der Waals surface area contributed by atoms with Gasteiger partial charge in [0, 0.05) is 44.6 Å². The molecule has 1 fully saturated rings. The quantitative estimate of drug-likeness (QED) is 0.717. The molecule has 25 heavy (non-hydrogen) atoms. The normalized spacial score (nSPS) is 15.7. The summed E-state index contributed by atoms with van der Waals surface area (Å²) in [6.07, 6.45) is 9.30. The molecule has 0 saturated carbocycles. The predicted molar refractivity (Wildman–Crippen MR) is 95.8 cm³/mol. The molecule has 1 aliphatic heterocycles. The van der Waals surface area contributed by atoms with E-state index >= 15 is 0 Å². The van der Waals surface area contributed by atoms with E-state index in [1.54, 1.807) is 18.7 Å². The molecule has 0 N–H and O–H groups in total. The maximum atomic E-state index is 5.92. The number of hydrogen-bond acceptors (Lipinski definition) is 5. The third kappa shape index (κ3) is 3.37. The van der Waals surface area contributed by atoms with Crippen molar-refractivity contribution in [2.24, 2.45) is 7.05 Å². The average molecular weight is 358 g/mol. The minimum Gasteiger partial charge on any atom is -0.357 e. The van der Waals surface area contributed by atoms with Crippen molar-refractivity contribution >= 4 is 17.4 Å². The standard InChI is InChI=1S/C17H20ClN7/c1-23-16(11-24-9-6-19-12-24)21-22-17(23)13-4-7-25(8-5-13)15-3-2-14(18)10-20-15/h2-3,6,9-10,12-13H,4-5,7-8,11H2,1H3. The van der Waals surface area contributed by atoms with Crippen molar-refractivity contribution in [2.45, 2.75) is 25.3 Å². The summed E-state index contributed by atoms with van der Waals surface area (Å²) >= 11 is 5.92. The Morgan fingerprint density at radius 2 is 2.04 bits per heavy atom. The molecular formula is C17H20ClN7. The van der Waals surface area contributed by atoms with Crippen molar-refractivity contribution in [1.82, 2.24) is 29.3 Å². The zero-order valence-corrected chi connectivity index (χ0v) is 14.8. The molecule has 4 heterocycles. The van der Waals surface area contributed by atoms with Gasteiger partial charge in [0.2, 0.25) is 0 Å². The number of aromatic nitrogens is 6. The predicted octanol–water partition coefficient (Wildman–Crippen LogP) is 2.49. The van der Waals surface area contributed by atoms with Crippen LogP contribution < -0.4 is 4.90 Å². The third-order valence-electron chi connectivity index (χ3n) is 4.78. The molecule has 7 nitrogen and oxygen atoms in total. The Labute approximate surface area is 151 Å². The molecule has 0 spiro atoms. The fourth-order valence-corrected chi connectivity index (χ4v) is 3.45. The molecule has 3 aromatic heterocycles. The van der Waals surface area contributed by atoms with Crippen LogP contribution in [0.5, 0.6) is 0 Å². The largest absolute Gasteiger partial charge is 0.357 e. The van der Waals surface area contributed by atoms with Gasteiger partial charge >= 0.3 is 0 Å². The van der Waals surface area contributed by atoms with Crippen LogP contribution in [0, 0.1) is 0 Å². The summed E-state index contributed by atoms with van der Waals surface area (Å²) in [6, 6.07) is 3.87. The molecule has 0 bridgehead atoms. The summed E-state index contributed by atoms with van der Waals surface area (Å²) in [5.74, 6) is 3.44. The van der Waals surface area contributed by atoms with Crippen molar-refractivity contribution < 1.29 is 0 Å². The molecule has 8 heteroatoms. The molecule has 3 aromatic rings. The van der Waals surface area contributed by atoms with E-state index < -0.39 is 0 Å². The van der Waals surface area contributed by atoms with E-state index in [1.807, 2.05) is 22.9 Å². The Bertz CT molecular complexity index is 817. The van der Waals surface area contributed by atoms with Crippen molar-refractivity contribution in [2.75, 3.05) is 18.0 Å². The van der Waals surface area contributed by atoms with Crippen LogP contribution in [-0.4, -0.2) is 42.4 Å². The minimum absolute atomic E-state index is 0.428. The van der Waals surface area contributed by atoms with Gasteiger partial charge in [0.15, 0.2) is 5.82 Å². The molecule has 0 aliphatic carbocycles. The van der Waals surface area contributed by atoms with Gasteiger partial charge in [0.1, 0.15) is 11.6 Å². The summed E-state index contributed by atoms with van der Waals surface area (Å²) in [4.78, 5) is 10.8. The van der Waals surface area contributed by atoms with Crippen molar-refractivity contribution in [3.63, 3.8) is 0 Å². The molecule has 0 unspecified atom stereocenters. The van der Waals surface area contributed by atoms with Crippen LogP contribution in [0.1, 0.15) is 30.4 Å². The van der Waals surface area contributed by atoms with Gasteiger partial charge in [-0.3, -0.25) is 0 Å². The topological polar surface area (TPSA) is 64.7 Å². The molecule has 0 atom stereocenters. The number of rotatable bonds is 4. The molecule has 4 rings (SSSR count). The first-order chi connectivity index (χ1) is 12.2. The van der Waals surface area contributed by atoms with Gasteiger partial charge in [-0.05, 0) is 25.0 Å². The zero-order valence-electron chi connectivity index (χ0n) is 14.1. The number of imidazole rings is 1. The van der Waals surface area contributed by atoms with Gasteiger partial charge in [-0.1, -0.05) is 11.6 Å². The molecule has 1 aliphatic rings. The number of pyridine rings is 1. The summed E-state index contributed by atoms with van der Waals surface area (Å²) < 4.78 is 4.13. The average Bonchev–Trinajstić information content (AvgIpc) is 3.27. The highest BCUT2D eigenvalue weighted by molar-refractivity contribution is 6.30. The fraction of sp³-hybridized carbons (Fsp3) is 0.412. The Morgan fingerprint density at radius 1 is 1.20 bits per heavy atom. The van der Waals surface area contributed by atoms with Gasteiger partial charge in [0.25, 0.3) is 0 Å². The van der Waals surface area contributed by atoms with Gasteiger partial charge in [0.05, 0.1) is 17.9 Å². The summed E-state index contributed by atoms with van der Waals surface area (Å²) in [5.41, 5.74) is 0. The Balaban J connectivity index is 1.42. The zero-order chi connectivity index (χ0) is 17.2. The smallest absolute Gasteiger partial charge is 0.152 e. The molecule has 0 aromatic carbocycles. The highest BCUT2D eigenvalue weighted by atomic mass is 35.5. The van der Waals surface area contributed by atoms with E-state index in [0.717, 1.165) is 43.4 Å². The van der Waals surface area contributed by atoms with E-state index in [0.29, 0.717) is 17.5 Å². The summed E-state index contributed by atoms with van der Waals surface area (Å²) in [7, 11) is 2.05. The van der Waals surface area contributed by atoms with Gasteiger partial charge in [-0.25, -0.2) is 9.97 Å². The second kappa shape index (κ2) is 6.84. The summed E-state index contributed by atoms with van der Waals surface area (Å²) in [6.45, 7) is 2.61. The fourth-order valence-electron chi connectivity index (χ4n) is 3.33.